The van der Waals surface area contributed by atoms with E-state index in [4.69, 9.17) is 28.6 Å². The van der Waals surface area contributed by atoms with Crippen LogP contribution in [0.25, 0.3) is 0 Å². The summed E-state index contributed by atoms with van der Waals surface area (Å²) >= 11 is 11.8. The number of hydrogen-bond acceptors (Lipinski definition) is 3. The number of carbonyl (C=O) groups is 1. The molecule has 5 nitrogen and oxygen atoms in total. The standard InChI is InChI=1S/C20H28ClN3O2S/c1-2-3-7-17-14-26-20(25)24(17)16-9-11-23(12-10-16)19(27)22-13-15-6-4-5-8-18(15)21/h4-6,8,16-17H,2-3,7,9-14H2,1H3,(H,22,27). The minimum atomic E-state index is -0.144. The van der Waals surface area contributed by atoms with Crippen LogP contribution in [0.1, 0.15) is 44.6 Å². The Balaban J connectivity index is 1.48. The van der Waals surface area contributed by atoms with Gasteiger partial charge in [0.1, 0.15) is 6.61 Å². The molecule has 0 aromatic heterocycles. The zero-order chi connectivity index (χ0) is 19.2. The first-order valence-corrected chi connectivity index (χ1v) is 10.6. The lowest BCUT2D eigenvalue weighted by Gasteiger charge is -2.38. The molecule has 2 fully saturated rings. The van der Waals surface area contributed by atoms with Crippen LogP contribution < -0.4 is 5.32 Å². The van der Waals surface area contributed by atoms with Crippen molar-refractivity contribution >= 4 is 35.0 Å². The van der Waals surface area contributed by atoms with E-state index < -0.39 is 0 Å². The van der Waals surface area contributed by atoms with Gasteiger partial charge in [-0.1, -0.05) is 49.6 Å². The number of likely N-dealkylation sites (tertiary alicyclic amines) is 1. The number of benzene rings is 1. The number of unbranched alkanes of at least 4 members (excludes halogenated alkanes) is 1. The molecule has 0 aliphatic carbocycles. The van der Waals surface area contributed by atoms with Gasteiger partial charge in [-0.05, 0) is 43.1 Å². The lowest BCUT2D eigenvalue weighted by Crippen LogP contribution is -2.51. The van der Waals surface area contributed by atoms with Crippen LogP contribution in [-0.2, 0) is 11.3 Å². The Kier molecular flexibility index (Phi) is 7.19. The first kappa shape index (κ1) is 20.2. The van der Waals surface area contributed by atoms with Gasteiger partial charge in [0.05, 0.1) is 6.04 Å². The summed E-state index contributed by atoms with van der Waals surface area (Å²) in [6, 6.07) is 8.27. The fourth-order valence-electron chi connectivity index (χ4n) is 3.85. The Morgan fingerprint density at radius 1 is 1.33 bits per heavy atom. The average molecular weight is 410 g/mol. The van der Waals surface area contributed by atoms with Gasteiger partial charge in [-0.2, -0.15) is 0 Å². The highest BCUT2D eigenvalue weighted by Gasteiger charge is 2.39. The van der Waals surface area contributed by atoms with E-state index in [1.807, 2.05) is 29.2 Å². The lowest BCUT2D eigenvalue weighted by atomic mass is 10.0. The molecular formula is C20H28ClN3O2S. The first-order chi connectivity index (χ1) is 13.1. The van der Waals surface area contributed by atoms with Crippen LogP contribution in [0, 0.1) is 0 Å². The van der Waals surface area contributed by atoms with Crippen molar-refractivity contribution in [2.75, 3.05) is 19.7 Å². The summed E-state index contributed by atoms with van der Waals surface area (Å²) in [6.07, 6.45) is 5.00. The monoisotopic (exact) mass is 409 g/mol. The number of carbonyl (C=O) groups excluding carboxylic acids is 1. The molecule has 1 atom stereocenters. The highest BCUT2D eigenvalue weighted by atomic mass is 35.5. The molecule has 3 rings (SSSR count). The third kappa shape index (κ3) is 5.05. The van der Waals surface area contributed by atoms with E-state index in [1.165, 1.54) is 0 Å². The Bertz CT molecular complexity index is 664. The molecular weight excluding hydrogens is 382 g/mol. The van der Waals surface area contributed by atoms with Crippen molar-refractivity contribution in [1.29, 1.82) is 0 Å². The largest absolute Gasteiger partial charge is 0.447 e. The smallest absolute Gasteiger partial charge is 0.410 e. The maximum absolute atomic E-state index is 12.2. The van der Waals surface area contributed by atoms with Crippen LogP contribution >= 0.6 is 23.8 Å². The quantitative estimate of drug-likeness (QED) is 0.713. The van der Waals surface area contributed by atoms with E-state index in [0.29, 0.717) is 13.2 Å². The molecule has 1 aromatic carbocycles. The van der Waals surface area contributed by atoms with E-state index in [0.717, 1.165) is 60.9 Å². The number of ether oxygens (including phenoxy) is 1. The maximum atomic E-state index is 12.2. The molecule has 7 heteroatoms. The number of nitrogens with one attached hydrogen (secondary N) is 1. The second kappa shape index (κ2) is 9.60. The number of hydrogen-bond donors (Lipinski definition) is 1. The predicted molar refractivity (Wildman–Crippen MR) is 112 cm³/mol. The molecule has 0 saturated carbocycles. The molecule has 2 saturated heterocycles. The van der Waals surface area contributed by atoms with Crippen LogP contribution in [0.2, 0.25) is 5.02 Å². The second-order valence-corrected chi connectivity index (χ2v) is 8.04. The van der Waals surface area contributed by atoms with Crippen LogP contribution in [-0.4, -0.2) is 52.8 Å². The summed E-state index contributed by atoms with van der Waals surface area (Å²) in [6.45, 7) is 5.04. The minimum absolute atomic E-state index is 0.144. The molecule has 1 N–H and O–H groups in total. The molecule has 1 unspecified atom stereocenters. The third-order valence-electron chi connectivity index (χ3n) is 5.43. The van der Waals surface area contributed by atoms with Gasteiger partial charge in [-0.3, -0.25) is 4.90 Å². The number of rotatable bonds is 6. The lowest BCUT2D eigenvalue weighted by molar-refractivity contribution is 0.121. The van der Waals surface area contributed by atoms with Crippen molar-refractivity contribution in [2.24, 2.45) is 0 Å². The summed E-state index contributed by atoms with van der Waals surface area (Å²) in [7, 11) is 0. The van der Waals surface area contributed by atoms with E-state index in [1.54, 1.807) is 0 Å². The van der Waals surface area contributed by atoms with Gasteiger partial charge in [-0.15, -0.1) is 0 Å². The molecule has 2 heterocycles. The number of halogens is 1. The van der Waals surface area contributed by atoms with Crippen molar-refractivity contribution in [1.82, 2.24) is 15.1 Å². The van der Waals surface area contributed by atoms with E-state index >= 15 is 0 Å². The summed E-state index contributed by atoms with van der Waals surface area (Å²) in [5.41, 5.74) is 1.04. The van der Waals surface area contributed by atoms with E-state index in [2.05, 4.69) is 17.1 Å². The van der Waals surface area contributed by atoms with Crippen molar-refractivity contribution < 1.29 is 9.53 Å². The van der Waals surface area contributed by atoms with E-state index in [-0.39, 0.29) is 18.2 Å². The Hall–Kier alpha value is -1.53. The van der Waals surface area contributed by atoms with Crippen molar-refractivity contribution in [3.05, 3.63) is 34.9 Å². The average Bonchev–Trinajstić information content (AvgIpc) is 3.06. The number of thiocarbonyl (C=S) groups is 1. The SMILES string of the molecule is CCCCC1COC(=O)N1C1CCN(C(=S)NCc2ccccc2Cl)CC1. The molecule has 0 bridgehead atoms. The third-order valence-corrected chi connectivity index (χ3v) is 6.20. The van der Waals surface area contributed by atoms with Gasteiger partial charge in [0.2, 0.25) is 0 Å². The van der Waals surface area contributed by atoms with Crippen LogP contribution in [0.4, 0.5) is 4.79 Å². The number of cyclic esters (lactones) is 1. The first-order valence-electron chi connectivity index (χ1n) is 9.81. The molecule has 1 amide bonds. The number of nitrogens with zero attached hydrogens (tertiary/aromatic N) is 2. The number of amides is 1. The van der Waals surface area contributed by atoms with Gasteiger partial charge in [0.25, 0.3) is 0 Å². The minimum Gasteiger partial charge on any atom is -0.447 e. The maximum Gasteiger partial charge on any atom is 0.410 e. The predicted octanol–water partition coefficient (Wildman–Crippen LogP) is 4.19. The highest BCUT2D eigenvalue weighted by molar-refractivity contribution is 7.80. The van der Waals surface area contributed by atoms with Crippen LogP contribution in [0.5, 0.6) is 0 Å². The molecule has 148 valence electrons. The van der Waals surface area contributed by atoms with E-state index in [9.17, 15) is 4.79 Å². The fourth-order valence-corrected chi connectivity index (χ4v) is 4.31. The van der Waals surface area contributed by atoms with Gasteiger partial charge in [0.15, 0.2) is 5.11 Å². The van der Waals surface area contributed by atoms with Gasteiger partial charge >= 0.3 is 6.09 Å². The summed E-state index contributed by atoms with van der Waals surface area (Å²) in [4.78, 5) is 16.4. The Labute approximate surface area is 172 Å². The molecule has 0 radical (unpaired) electrons. The molecule has 2 aliphatic heterocycles. The second-order valence-electron chi connectivity index (χ2n) is 7.25. The molecule has 2 aliphatic rings. The number of piperidine rings is 1. The van der Waals surface area contributed by atoms with Gasteiger partial charge in [0, 0.05) is 30.7 Å². The topological polar surface area (TPSA) is 44.8 Å². The van der Waals surface area contributed by atoms with Crippen LogP contribution in [0.3, 0.4) is 0 Å². The molecule has 0 spiro atoms. The highest BCUT2D eigenvalue weighted by Crippen LogP contribution is 2.26. The summed E-state index contributed by atoms with van der Waals surface area (Å²) in [5.74, 6) is 0. The van der Waals surface area contributed by atoms with Crippen molar-refractivity contribution in [3.8, 4) is 0 Å². The fraction of sp³-hybridized carbons (Fsp3) is 0.600. The van der Waals surface area contributed by atoms with Gasteiger partial charge in [-0.25, -0.2) is 4.79 Å². The Morgan fingerprint density at radius 3 is 2.78 bits per heavy atom. The molecule has 1 aromatic rings. The van der Waals surface area contributed by atoms with Gasteiger partial charge < -0.3 is 15.0 Å². The Morgan fingerprint density at radius 2 is 2.07 bits per heavy atom. The summed E-state index contributed by atoms with van der Waals surface area (Å²) < 4.78 is 5.32. The normalized spacial score (nSPS) is 20.7. The van der Waals surface area contributed by atoms with Crippen LogP contribution in [0.15, 0.2) is 24.3 Å². The van der Waals surface area contributed by atoms with Crippen molar-refractivity contribution in [2.45, 2.75) is 57.7 Å². The zero-order valence-corrected chi connectivity index (χ0v) is 17.4. The van der Waals surface area contributed by atoms with Crippen molar-refractivity contribution in [3.63, 3.8) is 0 Å². The summed E-state index contributed by atoms with van der Waals surface area (Å²) in [5, 5.41) is 4.80. The zero-order valence-electron chi connectivity index (χ0n) is 15.8. The molecule has 27 heavy (non-hydrogen) atoms.